The summed E-state index contributed by atoms with van der Waals surface area (Å²) in [7, 11) is 0. The molecule has 168 valence electrons. The van der Waals surface area contributed by atoms with Gasteiger partial charge < -0.3 is 4.74 Å². The van der Waals surface area contributed by atoms with Crippen molar-refractivity contribution in [1.82, 2.24) is 24.5 Å². The molecular formula is C27H23N5O2. The van der Waals surface area contributed by atoms with Crippen LogP contribution in [0, 0.1) is 13.8 Å². The lowest BCUT2D eigenvalue weighted by Crippen LogP contribution is -2.39. The minimum absolute atomic E-state index is 0.144. The van der Waals surface area contributed by atoms with E-state index in [1.807, 2.05) is 54.6 Å². The third kappa shape index (κ3) is 3.57. The summed E-state index contributed by atoms with van der Waals surface area (Å²) in [5.74, 6) is 0.674. The molecule has 0 amide bonds. The molecule has 7 heteroatoms. The van der Waals surface area contributed by atoms with Gasteiger partial charge in [-0.05, 0) is 30.5 Å². The number of ether oxygens (including phenoxy) is 1. The zero-order valence-electron chi connectivity index (χ0n) is 18.9. The molecule has 5 aromatic rings. The van der Waals surface area contributed by atoms with Gasteiger partial charge in [-0.3, -0.25) is 0 Å². The van der Waals surface area contributed by atoms with Crippen LogP contribution in [0.1, 0.15) is 28.2 Å². The van der Waals surface area contributed by atoms with E-state index in [0.717, 1.165) is 16.7 Å². The lowest BCUT2D eigenvalue weighted by molar-refractivity contribution is 0.198. The van der Waals surface area contributed by atoms with Crippen LogP contribution in [0.15, 0.2) is 103 Å². The van der Waals surface area contributed by atoms with E-state index in [-0.39, 0.29) is 5.88 Å². The summed E-state index contributed by atoms with van der Waals surface area (Å²) >= 11 is 0. The van der Waals surface area contributed by atoms with E-state index in [9.17, 15) is 4.79 Å². The Kier molecular flexibility index (Phi) is 5.51. The van der Waals surface area contributed by atoms with Gasteiger partial charge in [-0.1, -0.05) is 91.0 Å². The highest BCUT2D eigenvalue weighted by atomic mass is 16.6. The maximum Gasteiger partial charge on any atom is 0.426 e. The minimum atomic E-state index is -0.885. The van der Waals surface area contributed by atoms with Gasteiger partial charge in [0.1, 0.15) is 11.5 Å². The fraction of sp³-hybridized carbons (Fsp3) is 0.111. The van der Waals surface area contributed by atoms with Crippen LogP contribution in [0.5, 0.6) is 5.88 Å². The van der Waals surface area contributed by atoms with Gasteiger partial charge in [0, 0.05) is 12.4 Å². The largest absolute Gasteiger partial charge is 0.426 e. The summed E-state index contributed by atoms with van der Waals surface area (Å²) in [5.41, 5.74) is 2.55. The number of hydrogen-bond acceptors (Lipinski definition) is 5. The van der Waals surface area contributed by atoms with Gasteiger partial charge in [-0.2, -0.15) is 9.90 Å². The molecule has 2 heterocycles. The van der Waals surface area contributed by atoms with Crippen molar-refractivity contribution >= 4 is 6.09 Å². The third-order valence-corrected chi connectivity index (χ3v) is 5.82. The van der Waals surface area contributed by atoms with Gasteiger partial charge in [-0.15, -0.1) is 5.10 Å². The Hall–Kier alpha value is -4.52. The molecule has 0 radical (unpaired) electrons. The van der Waals surface area contributed by atoms with Crippen molar-refractivity contribution in [3.05, 3.63) is 132 Å². The summed E-state index contributed by atoms with van der Waals surface area (Å²) in [6.07, 6.45) is 2.51. The van der Waals surface area contributed by atoms with Crippen molar-refractivity contribution in [3.63, 3.8) is 0 Å². The number of aryl methyl sites for hydroxylation is 2. The summed E-state index contributed by atoms with van der Waals surface area (Å²) in [6, 6.07) is 30.2. The summed E-state index contributed by atoms with van der Waals surface area (Å²) in [6.45, 7) is 3.51. The molecule has 3 aromatic carbocycles. The van der Waals surface area contributed by atoms with Crippen molar-refractivity contribution < 1.29 is 9.53 Å². The predicted octanol–water partition coefficient (Wildman–Crippen LogP) is 4.98. The van der Waals surface area contributed by atoms with E-state index in [2.05, 4.69) is 41.4 Å². The number of carbonyl (C=O) groups is 1. The first kappa shape index (κ1) is 21.3. The van der Waals surface area contributed by atoms with Crippen LogP contribution < -0.4 is 4.74 Å². The molecule has 0 saturated carbocycles. The van der Waals surface area contributed by atoms with Crippen LogP contribution in [0.3, 0.4) is 0 Å². The number of carbonyl (C=O) groups excluding carboxylic acids is 1. The number of imidazole rings is 1. The molecule has 0 aliphatic carbocycles. The van der Waals surface area contributed by atoms with Crippen LogP contribution in [0.4, 0.5) is 4.79 Å². The van der Waals surface area contributed by atoms with Gasteiger partial charge in [0.15, 0.2) is 5.54 Å². The Morgan fingerprint density at radius 1 is 0.765 bits per heavy atom. The van der Waals surface area contributed by atoms with E-state index >= 15 is 0 Å². The van der Waals surface area contributed by atoms with Gasteiger partial charge in [0.2, 0.25) is 0 Å². The Labute approximate surface area is 197 Å². The number of nitrogens with zero attached hydrogens (tertiary/aromatic N) is 5. The number of hydrogen-bond donors (Lipinski definition) is 0. The molecule has 0 fully saturated rings. The molecule has 0 bridgehead atoms. The van der Waals surface area contributed by atoms with E-state index in [0.29, 0.717) is 11.5 Å². The molecule has 0 N–H and O–H groups in total. The van der Waals surface area contributed by atoms with Gasteiger partial charge in [0.25, 0.3) is 5.88 Å². The normalized spacial score (nSPS) is 11.4. The van der Waals surface area contributed by atoms with Crippen LogP contribution in [0.2, 0.25) is 0 Å². The fourth-order valence-electron chi connectivity index (χ4n) is 4.20. The van der Waals surface area contributed by atoms with E-state index in [1.165, 1.54) is 4.57 Å². The smallest absolute Gasteiger partial charge is 0.387 e. The Balaban J connectivity index is 1.72. The van der Waals surface area contributed by atoms with Gasteiger partial charge in [-0.25, -0.2) is 14.3 Å². The lowest BCUT2D eigenvalue weighted by Gasteiger charge is -2.34. The quantitative estimate of drug-likeness (QED) is 0.354. The SMILES string of the molecule is Cc1nn(C(c2ccccc2)(c2ccccc2)c2ccccc2)nc1OC(=O)n1ccnc1C. The molecule has 0 aliphatic heterocycles. The second-order valence-corrected chi connectivity index (χ2v) is 7.90. The highest BCUT2D eigenvalue weighted by Crippen LogP contribution is 2.40. The molecule has 2 aromatic heterocycles. The minimum Gasteiger partial charge on any atom is -0.387 e. The molecule has 0 spiro atoms. The number of aromatic nitrogens is 5. The zero-order chi connectivity index (χ0) is 23.5. The molecule has 5 rings (SSSR count). The van der Waals surface area contributed by atoms with Gasteiger partial charge in [0.05, 0.1) is 0 Å². The average Bonchev–Trinajstić information content (AvgIpc) is 3.47. The molecule has 0 atom stereocenters. The van der Waals surface area contributed by atoms with Crippen molar-refractivity contribution in [3.8, 4) is 5.88 Å². The van der Waals surface area contributed by atoms with Crippen LogP contribution in [-0.2, 0) is 5.54 Å². The standard InChI is InChI=1S/C27H23N5O2/c1-20-25(34-26(33)31-19-18-28-21(31)2)30-32(29-20)27(22-12-6-3-7-13-22,23-14-8-4-9-15-23)24-16-10-5-11-17-24/h3-19H,1-2H3. The van der Waals surface area contributed by atoms with E-state index in [1.54, 1.807) is 31.0 Å². The summed E-state index contributed by atoms with van der Waals surface area (Å²) < 4.78 is 6.97. The molecule has 34 heavy (non-hydrogen) atoms. The molecule has 0 saturated heterocycles. The molecule has 0 aliphatic rings. The van der Waals surface area contributed by atoms with Crippen LogP contribution >= 0.6 is 0 Å². The molecule has 7 nitrogen and oxygen atoms in total. The third-order valence-electron chi connectivity index (χ3n) is 5.82. The molecular weight excluding hydrogens is 426 g/mol. The Morgan fingerprint density at radius 2 is 1.26 bits per heavy atom. The highest BCUT2D eigenvalue weighted by molar-refractivity contribution is 5.73. The van der Waals surface area contributed by atoms with Gasteiger partial charge >= 0.3 is 6.09 Å². The summed E-state index contributed by atoms with van der Waals surface area (Å²) in [4.78, 5) is 18.5. The van der Waals surface area contributed by atoms with Crippen molar-refractivity contribution in [2.24, 2.45) is 0 Å². The maximum absolute atomic E-state index is 12.7. The van der Waals surface area contributed by atoms with E-state index < -0.39 is 11.6 Å². The average molecular weight is 450 g/mol. The first-order valence-electron chi connectivity index (χ1n) is 10.9. The van der Waals surface area contributed by atoms with Crippen LogP contribution in [-0.4, -0.2) is 30.6 Å². The molecule has 0 unspecified atom stereocenters. The number of benzene rings is 3. The first-order chi connectivity index (χ1) is 16.6. The predicted molar refractivity (Wildman–Crippen MR) is 128 cm³/mol. The highest BCUT2D eigenvalue weighted by Gasteiger charge is 2.41. The topological polar surface area (TPSA) is 74.8 Å². The second kappa shape index (κ2) is 8.78. The van der Waals surface area contributed by atoms with Crippen LogP contribution in [0.25, 0.3) is 0 Å². The van der Waals surface area contributed by atoms with Crippen molar-refractivity contribution in [2.45, 2.75) is 19.4 Å². The zero-order valence-corrected chi connectivity index (χ0v) is 18.9. The lowest BCUT2D eigenvalue weighted by atomic mass is 9.77. The van der Waals surface area contributed by atoms with Crippen molar-refractivity contribution in [2.75, 3.05) is 0 Å². The second-order valence-electron chi connectivity index (χ2n) is 7.90. The Bertz CT molecular complexity index is 1310. The van der Waals surface area contributed by atoms with E-state index in [4.69, 9.17) is 14.9 Å². The summed E-state index contributed by atoms with van der Waals surface area (Å²) in [5, 5.41) is 9.49. The monoisotopic (exact) mass is 449 g/mol. The maximum atomic E-state index is 12.7. The fourth-order valence-corrected chi connectivity index (χ4v) is 4.20. The van der Waals surface area contributed by atoms with Crippen molar-refractivity contribution in [1.29, 1.82) is 0 Å². The number of rotatable bonds is 5. The first-order valence-corrected chi connectivity index (χ1v) is 10.9. The Morgan fingerprint density at radius 3 is 1.71 bits per heavy atom.